The summed E-state index contributed by atoms with van der Waals surface area (Å²) in [5, 5.41) is 16.7. The van der Waals surface area contributed by atoms with Gasteiger partial charge in [-0.05, 0) is 27.3 Å². The van der Waals surface area contributed by atoms with Crippen LogP contribution in [0.2, 0.25) is 0 Å². The maximum atomic E-state index is 11.6. The standard InChI is InChI=1S/C12H23N5O2/c1-6-14-8(2)9-16-17-11(19-9)15-7-12(3,4)10(18)13-5/h8,14H,6-7H2,1-5H3,(H,13,18)(H,15,17). The van der Waals surface area contributed by atoms with Crippen molar-refractivity contribution < 1.29 is 9.21 Å². The van der Waals surface area contributed by atoms with Crippen molar-refractivity contribution in [2.45, 2.75) is 33.7 Å². The van der Waals surface area contributed by atoms with E-state index in [9.17, 15) is 4.79 Å². The first-order chi connectivity index (χ1) is 8.90. The van der Waals surface area contributed by atoms with Crippen LogP contribution in [0.5, 0.6) is 0 Å². The van der Waals surface area contributed by atoms with Gasteiger partial charge in [0.25, 0.3) is 0 Å². The van der Waals surface area contributed by atoms with Crippen LogP contribution in [-0.4, -0.2) is 36.2 Å². The molecule has 1 aromatic rings. The summed E-state index contributed by atoms with van der Waals surface area (Å²) in [6, 6.07) is 0.344. The first kappa shape index (κ1) is 15.4. The number of anilines is 1. The largest absolute Gasteiger partial charge is 0.406 e. The first-order valence-electron chi connectivity index (χ1n) is 6.43. The lowest BCUT2D eigenvalue weighted by Crippen LogP contribution is -2.39. The van der Waals surface area contributed by atoms with Gasteiger partial charge in [-0.25, -0.2) is 0 Å². The predicted octanol–water partition coefficient (Wildman–Crippen LogP) is 0.924. The molecule has 3 N–H and O–H groups in total. The molecule has 1 aromatic heterocycles. The Morgan fingerprint density at radius 1 is 1.42 bits per heavy atom. The van der Waals surface area contributed by atoms with Crippen LogP contribution in [0.15, 0.2) is 4.42 Å². The minimum atomic E-state index is -0.545. The average Bonchev–Trinajstić information content (AvgIpc) is 2.84. The van der Waals surface area contributed by atoms with Crippen LogP contribution in [0.1, 0.15) is 39.6 Å². The molecule has 19 heavy (non-hydrogen) atoms. The number of amides is 1. The zero-order valence-electron chi connectivity index (χ0n) is 12.2. The Hall–Kier alpha value is -1.63. The van der Waals surface area contributed by atoms with E-state index < -0.39 is 5.41 Å². The molecule has 1 atom stereocenters. The molecule has 108 valence electrons. The molecule has 0 bridgehead atoms. The van der Waals surface area contributed by atoms with Crippen LogP contribution < -0.4 is 16.0 Å². The van der Waals surface area contributed by atoms with Crippen molar-refractivity contribution in [2.75, 3.05) is 25.5 Å². The van der Waals surface area contributed by atoms with Crippen LogP contribution in [0.25, 0.3) is 0 Å². The number of nitrogens with one attached hydrogen (secondary N) is 3. The van der Waals surface area contributed by atoms with Gasteiger partial charge in [0.1, 0.15) is 0 Å². The number of hydrogen-bond donors (Lipinski definition) is 3. The van der Waals surface area contributed by atoms with Crippen molar-refractivity contribution in [1.29, 1.82) is 0 Å². The molecule has 7 heteroatoms. The maximum Gasteiger partial charge on any atom is 0.315 e. The molecule has 1 rings (SSSR count). The molecule has 0 aromatic carbocycles. The van der Waals surface area contributed by atoms with Gasteiger partial charge < -0.3 is 20.4 Å². The maximum absolute atomic E-state index is 11.6. The van der Waals surface area contributed by atoms with Crippen LogP contribution in [0, 0.1) is 5.41 Å². The van der Waals surface area contributed by atoms with E-state index >= 15 is 0 Å². The number of hydrogen-bond acceptors (Lipinski definition) is 6. The molecule has 1 heterocycles. The molecule has 0 radical (unpaired) electrons. The third-order valence-electron chi connectivity index (χ3n) is 2.84. The van der Waals surface area contributed by atoms with Crippen molar-refractivity contribution in [1.82, 2.24) is 20.8 Å². The van der Waals surface area contributed by atoms with Gasteiger partial charge >= 0.3 is 6.01 Å². The summed E-state index contributed by atoms with van der Waals surface area (Å²) >= 11 is 0. The molecular weight excluding hydrogens is 246 g/mol. The smallest absolute Gasteiger partial charge is 0.315 e. The molecule has 0 aliphatic carbocycles. The third-order valence-corrected chi connectivity index (χ3v) is 2.84. The summed E-state index contributed by atoms with van der Waals surface area (Å²) in [7, 11) is 1.62. The van der Waals surface area contributed by atoms with E-state index in [-0.39, 0.29) is 11.9 Å². The normalized spacial score (nSPS) is 13.1. The van der Waals surface area contributed by atoms with Crippen molar-refractivity contribution in [3.63, 3.8) is 0 Å². The topological polar surface area (TPSA) is 92.1 Å². The molecule has 0 aliphatic heterocycles. The van der Waals surface area contributed by atoms with Crippen LogP contribution in [0.4, 0.5) is 6.01 Å². The van der Waals surface area contributed by atoms with Crippen molar-refractivity contribution >= 4 is 11.9 Å². The average molecular weight is 269 g/mol. The van der Waals surface area contributed by atoms with Crippen molar-refractivity contribution in [2.24, 2.45) is 5.41 Å². The zero-order chi connectivity index (χ0) is 14.5. The third kappa shape index (κ3) is 4.20. The lowest BCUT2D eigenvalue weighted by atomic mass is 9.92. The quantitative estimate of drug-likeness (QED) is 0.682. The van der Waals surface area contributed by atoms with Crippen molar-refractivity contribution in [3.05, 3.63) is 5.89 Å². The summed E-state index contributed by atoms with van der Waals surface area (Å²) in [6.45, 7) is 8.90. The van der Waals surface area contributed by atoms with E-state index in [1.54, 1.807) is 7.05 Å². The molecule has 0 spiro atoms. The highest BCUT2D eigenvalue weighted by Gasteiger charge is 2.27. The fourth-order valence-corrected chi connectivity index (χ4v) is 1.59. The van der Waals surface area contributed by atoms with E-state index in [0.717, 1.165) is 6.54 Å². The van der Waals surface area contributed by atoms with Gasteiger partial charge in [0.15, 0.2) is 0 Å². The number of rotatable bonds is 7. The lowest BCUT2D eigenvalue weighted by molar-refractivity contribution is -0.128. The van der Waals surface area contributed by atoms with E-state index in [2.05, 4.69) is 26.1 Å². The molecule has 7 nitrogen and oxygen atoms in total. The summed E-state index contributed by atoms with van der Waals surface area (Å²) in [4.78, 5) is 11.6. The van der Waals surface area contributed by atoms with Crippen LogP contribution in [-0.2, 0) is 4.79 Å². The summed E-state index contributed by atoms with van der Waals surface area (Å²) in [5.74, 6) is 0.489. The number of nitrogens with zero attached hydrogens (tertiary/aromatic N) is 2. The second-order valence-corrected chi connectivity index (χ2v) is 5.04. The molecular formula is C12H23N5O2. The molecule has 1 amide bonds. The Labute approximate surface area is 113 Å². The Bertz CT molecular complexity index is 416. The number of aromatic nitrogens is 2. The highest BCUT2D eigenvalue weighted by atomic mass is 16.4. The first-order valence-corrected chi connectivity index (χ1v) is 6.43. The summed E-state index contributed by atoms with van der Waals surface area (Å²) in [6.07, 6.45) is 0. The molecule has 0 fully saturated rings. The van der Waals surface area contributed by atoms with Gasteiger partial charge in [-0.3, -0.25) is 4.79 Å². The minimum Gasteiger partial charge on any atom is -0.406 e. The molecule has 0 saturated heterocycles. The Kier molecular flexibility index (Phi) is 5.29. The highest BCUT2D eigenvalue weighted by Crippen LogP contribution is 2.18. The molecule has 0 aliphatic rings. The van der Waals surface area contributed by atoms with E-state index in [4.69, 9.17) is 4.42 Å². The Morgan fingerprint density at radius 2 is 2.11 bits per heavy atom. The van der Waals surface area contributed by atoms with Crippen LogP contribution in [0.3, 0.4) is 0 Å². The second-order valence-electron chi connectivity index (χ2n) is 5.04. The van der Waals surface area contributed by atoms with E-state index in [0.29, 0.717) is 18.5 Å². The molecule has 1 unspecified atom stereocenters. The second kappa shape index (κ2) is 6.51. The predicted molar refractivity (Wildman–Crippen MR) is 72.7 cm³/mol. The zero-order valence-corrected chi connectivity index (χ0v) is 12.2. The van der Waals surface area contributed by atoms with Gasteiger partial charge in [-0.1, -0.05) is 12.0 Å². The Balaban J connectivity index is 2.57. The summed E-state index contributed by atoms with van der Waals surface area (Å²) in [5.41, 5.74) is -0.545. The van der Waals surface area contributed by atoms with Gasteiger partial charge in [0, 0.05) is 13.6 Å². The summed E-state index contributed by atoms with van der Waals surface area (Å²) < 4.78 is 5.48. The van der Waals surface area contributed by atoms with Gasteiger partial charge in [0.2, 0.25) is 11.8 Å². The fourth-order valence-electron chi connectivity index (χ4n) is 1.59. The molecule has 0 saturated carbocycles. The van der Waals surface area contributed by atoms with E-state index in [1.807, 2.05) is 27.7 Å². The Morgan fingerprint density at radius 3 is 2.68 bits per heavy atom. The monoisotopic (exact) mass is 269 g/mol. The van der Waals surface area contributed by atoms with Gasteiger partial charge in [-0.2, -0.15) is 0 Å². The number of carbonyl (C=O) groups is 1. The lowest BCUT2D eigenvalue weighted by Gasteiger charge is -2.21. The number of carbonyl (C=O) groups excluding carboxylic acids is 1. The van der Waals surface area contributed by atoms with Crippen molar-refractivity contribution in [3.8, 4) is 0 Å². The highest BCUT2D eigenvalue weighted by molar-refractivity contribution is 5.82. The SMILES string of the molecule is CCNC(C)c1nnc(NCC(C)(C)C(=O)NC)o1. The minimum absolute atomic E-state index is 0.0139. The van der Waals surface area contributed by atoms with Gasteiger partial charge in [0.05, 0.1) is 11.5 Å². The van der Waals surface area contributed by atoms with Gasteiger partial charge in [-0.15, -0.1) is 5.10 Å². The van der Waals surface area contributed by atoms with E-state index in [1.165, 1.54) is 0 Å². The van der Waals surface area contributed by atoms with Crippen LogP contribution >= 0.6 is 0 Å². The fraction of sp³-hybridized carbons (Fsp3) is 0.750.